The minimum Gasteiger partial charge on any atom is -0.408 e. The molecule has 0 aliphatic rings. The first kappa shape index (κ1) is 16.4. The predicted octanol–water partition coefficient (Wildman–Crippen LogP) is 4.38. The maximum atomic E-state index is 12.6. The Kier molecular flexibility index (Phi) is 4.28. The second kappa shape index (κ2) is 6.24. The summed E-state index contributed by atoms with van der Waals surface area (Å²) in [5.41, 5.74) is 0.693. The molecule has 1 N–H and O–H groups in total. The molecule has 0 fully saturated rings. The van der Waals surface area contributed by atoms with Crippen molar-refractivity contribution in [1.82, 2.24) is 4.57 Å². The number of anilines is 1. The average molecular weight is 357 g/mol. The summed E-state index contributed by atoms with van der Waals surface area (Å²) in [4.78, 5) is 11.8. The first-order valence-electron chi connectivity index (χ1n) is 7.05. The van der Waals surface area contributed by atoms with Crippen LogP contribution in [0.2, 0.25) is 5.02 Å². The molecule has 2 aromatic carbocycles. The van der Waals surface area contributed by atoms with Gasteiger partial charge in [-0.1, -0.05) is 23.7 Å². The van der Waals surface area contributed by atoms with E-state index in [0.717, 1.165) is 12.1 Å². The van der Waals surface area contributed by atoms with Crippen LogP contribution in [0.1, 0.15) is 5.56 Å². The second-order valence-corrected chi connectivity index (χ2v) is 5.51. The molecule has 3 rings (SSSR count). The summed E-state index contributed by atoms with van der Waals surface area (Å²) in [6.07, 6.45) is -4.44. The Morgan fingerprint density at radius 3 is 2.62 bits per heavy atom. The number of para-hydroxylation sites is 2. The molecule has 0 saturated carbocycles. The van der Waals surface area contributed by atoms with E-state index < -0.39 is 17.5 Å². The summed E-state index contributed by atoms with van der Waals surface area (Å²) >= 11 is 5.87. The fourth-order valence-corrected chi connectivity index (χ4v) is 2.61. The third-order valence-corrected chi connectivity index (χ3v) is 3.83. The lowest BCUT2D eigenvalue weighted by Gasteiger charge is -2.12. The van der Waals surface area contributed by atoms with Gasteiger partial charge in [0.2, 0.25) is 0 Å². The monoisotopic (exact) mass is 356 g/mol. The summed E-state index contributed by atoms with van der Waals surface area (Å²) in [7, 11) is 0. The van der Waals surface area contributed by atoms with Crippen molar-refractivity contribution in [3.05, 3.63) is 63.6 Å². The highest BCUT2D eigenvalue weighted by molar-refractivity contribution is 6.33. The molecular weight excluding hydrogens is 345 g/mol. The number of oxazole rings is 1. The van der Waals surface area contributed by atoms with Gasteiger partial charge in [0.25, 0.3) is 0 Å². The number of alkyl halides is 3. The lowest BCUT2D eigenvalue weighted by molar-refractivity contribution is -0.137. The normalized spacial score (nSPS) is 11.8. The smallest absolute Gasteiger partial charge is 0.408 e. The molecule has 0 saturated heterocycles. The zero-order chi connectivity index (χ0) is 17.3. The fraction of sp³-hybridized carbons (Fsp3) is 0.188. The van der Waals surface area contributed by atoms with Gasteiger partial charge >= 0.3 is 11.9 Å². The molecule has 0 bridgehead atoms. The van der Waals surface area contributed by atoms with Gasteiger partial charge in [-0.25, -0.2) is 4.79 Å². The number of rotatable bonds is 4. The maximum absolute atomic E-state index is 12.6. The van der Waals surface area contributed by atoms with Gasteiger partial charge in [-0.05, 0) is 30.3 Å². The fourth-order valence-electron chi connectivity index (χ4n) is 2.36. The van der Waals surface area contributed by atoms with Crippen LogP contribution < -0.4 is 11.1 Å². The van der Waals surface area contributed by atoms with E-state index in [2.05, 4.69) is 5.32 Å². The summed E-state index contributed by atoms with van der Waals surface area (Å²) < 4.78 is 44.4. The van der Waals surface area contributed by atoms with E-state index in [1.165, 1.54) is 10.6 Å². The molecule has 24 heavy (non-hydrogen) atoms. The first-order chi connectivity index (χ1) is 11.4. The Bertz CT molecular complexity index is 931. The summed E-state index contributed by atoms with van der Waals surface area (Å²) in [6, 6.07) is 10.1. The van der Waals surface area contributed by atoms with Crippen LogP contribution in [-0.4, -0.2) is 11.1 Å². The quantitative estimate of drug-likeness (QED) is 0.754. The number of fused-ring (bicyclic) bond motifs is 1. The minimum absolute atomic E-state index is 0.0331. The summed E-state index contributed by atoms with van der Waals surface area (Å²) in [6.45, 7) is 0.585. The topological polar surface area (TPSA) is 47.2 Å². The van der Waals surface area contributed by atoms with Crippen molar-refractivity contribution in [2.45, 2.75) is 12.7 Å². The van der Waals surface area contributed by atoms with E-state index in [9.17, 15) is 18.0 Å². The van der Waals surface area contributed by atoms with Gasteiger partial charge < -0.3 is 9.73 Å². The molecule has 4 nitrogen and oxygen atoms in total. The second-order valence-electron chi connectivity index (χ2n) is 5.11. The van der Waals surface area contributed by atoms with Crippen LogP contribution in [0.4, 0.5) is 18.9 Å². The summed E-state index contributed by atoms with van der Waals surface area (Å²) in [5.74, 6) is -0.489. The van der Waals surface area contributed by atoms with Gasteiger partial charge in [0.15, 0.2) is 5.58 Å². The highest BCUT2D eigenvalue weighted by Crippen LogP contribution is 2.33. The Labute approximate surface area is 139 Å². The van der Waals surface area contributed by atoms with Gasteiger partial charge in [-0.15, -0.1) is 0 Å². The van der Waals surface area contributed by atoms with Crippen molar-refractivity contribution in [1.29, 1.82) is 0 Å². The van der Waals surface area contributed by atoms with Gasteiger partial charge in [-0.2, -0.15) is 13.2 Å². The number of nitrogens with zero attached hydrogens (tertiary/aromatic N) is 1. The number of benzene rings is 2. The number of aromatic nitrogens is 1. The Morgan fingerprint density at radius 2 is 1.92 bits per heavy atom. The van der Waals surface area contributed by atoms with E-state index >= 15 is 0 Å². The van der Waals surface area contributed by atoms with Crippen molar-refractivity contribution < 1.29 is 17.6 Å². The van der Waals surface area contributed by atoms with Crippen molar-refractivity contribution in [3.8, 4) is 0 Å². The van der Waals surface area contributed by atoms with E-state index in [1.807, 2.05) is 0 Å². The molecule has 0 aliphatic carbocycles. The van der Waals surface area contributed by atoms with Gasteiger partial charge in [0, 0.05) is 13.1 Å². The van der Waals surface area contributed by atoms with Crippen molar-refractivity contribution in [3.63, 3.8) is 0 Å². The first-order valence-corrected chi connectivity index (χ1v) is 7.43. The zero-order valence-corrected chi connectivity index (χ0v) is 13.0. The van der Waals surface area contributed by atoms with Crippen LogP contribution >= 0.6 is 11.6 Å². The largest absolute Gasteiger partial charge is 0.420 e. The zero-order valence-electron chi connectivity index (χ0n) is 12.2. The van der Waals surface area contributed by atoms with E-state index in [4.69, 9.17) is 16.0 Å². The predicted molar refractivity (Wildman–Crippen MR) is 85.4 cm³/mol. The van der Waals surface area contributed by atoms with Crippen molar-refractivity contribution in [2.75, 3.05) is 11.9 Å². The Hall–Kier alpha value is -2.41. The molecule has 0 amide bonds. The number of nitrogens with one attached hydrogen (secondary N) is 1. The molecular formula is C16H12ClF3N2O2. The van der Waals surface area contributed by atoms with Crippen LogP contribution in [0.25, 0.3) is 11.1 Å². The van der Waals surface area contributed by atoms with Gasteiger partial charge in [-0.3, -0.25) is 4.57 Å². The van der Waals surface area contributed by atoms with Crippen LogP contribution in [0.15, 0.2) is 51.7 Å². The molecule has 0 radical (unpaired) electrons. The van der Waals surface area contributed by atoms with E-state index in [-0.39, 0.29) is 11.6 Å². The van der Waals surface area contributed by atoms with E-state index in [0.29, 0.717) is 23.3 Å². The van der Waals surface area contributed by atoms with Crippen LogP contribution in [0.5, 0.6) is 0 Å². The average Bonchev–Trinajstić information content (AvgIpc) is 2.84. The molecule has 0 aliphatic heterocycles. The number of hydrogen-bond acceptors (Lipinski definition) is 3. The van der Waals surface area contributed by atoms with Crippen LogP contribution in [-0.2, 0) is 12.7 Å². The molecule has 8 heteroatoms. The maximum Gasteiger partial charge on any atom is 0.420 e. The SMILES string of the molecule is O=c1oc2ccccc2n1CCNc1ccc(C(F)(F)F)cc1Cl. The van der Waals surface area contributed by atoms with Crippen LogP contribution in [0.3, 0.4) is 0 Å². The molecule has 126 valence electrons. The molecule has 3 aromatic rings. The number of halogens is 4. The van der Waals surface area contributed by atoms with Gasteiger partial charge in [0.1, 0.15) is 0 Å². The van der Waals surface area contributed by atoms with Gasteiger partial charge in [0.05, 0.1) is 21.8 Å². The third kappa shape index (κ3) is 3.26. The summed E-state index contributed by atoms with van der Waals surface area (Å²) in [5, 5.41) is 2.89. The lowest BCUT2D eigenvalue weighted by atomic mass is 10.2. The van der Waals surface area contributed by atoms with E-state index in [1.54, 1.807) is 24.3 Å². The highest BCUT2D eigenvalue weighted by Gasteiger charge is 2.30. The van der Waals surface area contributed by atoms with Crippen molar-refractivity contribution in [2.24, 2.45) is 0 Å². The molecule has 0 atom stereocenters. The number of hydrogen-bond donors (Lipinski definition) is 1. The molecule has 1 heterocycles. The minimum atomic E-state index is -4.44. The lowest BCUT2D eigenvalue weighted by Crippen LogP contribution is -2.19. The highest BCUT2D eigenvalue weighted by atomic mass is 35.5. The standard InChI is InChI=1S/C16H12ClF3N2O2/c17-11-9-10(16(18,19)20)5-6-12(11)21-7-8-22-13-3-1-2-4-14(13)24-15(22)23/h1-6,9,21H,7-8H2. The molecule has 1 aromatic heterocycles. The Morgan fingerprint density at radius 1 is 1.17 bits per heavy atom. The van der Waals surface area contributed by atoms with Crippen LogP contribution in [0, 0.1) is 0 Å². The Balaban J connectivity index is 1.72. The molecule has 0 unspecified atom stereocenters. The molecule has 0 spiro atoms. The third-order valence-electron chi connectivity index (χ3n) is 3.52. The van der Waals surface area contributed by atoms with Crippen molar-refractivity contribution >= 4 is 28.4 Å².